The van der Waals surface area contributed by atoms with Crippen LogP contribution >= 0.6 is 11.6 Å². The van der Waals surface area contributed by atoms with E-state index in [9.17, 15) is 4.79 Å². The standard InChI is InChI=1S/C14H22ClN3O/c1-9(2)8-18(4)10(3)14(19)17-11-5-6-12(15)13(16)7-11/h5-7,9-10H,8,16H2,1-4H3,(H,17,19). The van der Waals surface area contributed by atoms with Crippen molar-refractivity contribution in [3.63, 3.8) is 0 Å². The van der Waals surface area contributed by atoms with Gasteiger partial charge in [-0.25, -0.2) is 0 Å². The average molecular weight is 284 g/mol. The van der Waals surface area contributed by atoms with Crippen molar-refractivity contribution < 1.29 is 4.79 Å². The number of nitrogens with one attached hydrogen (secondary N) is 1. The minimum Gasteiger partial charge on any atom is -0.397 e. The zero-order valence-electron chi connectivity index (χ0n) is 11.9. The predicted octanol–water partition coefficient (Wildman–Crippen LogP) is 2.84. The van der Waals surface area contributed by atoms with Crippen LogP contribution in [0.2, 0.25) is 5.02 Å². The third kappa shape index (κ3) is 4.73. The van der Waals surface area contributed by atoms with Crippen LogP contribution < -0.4 is 11.1 Å². The Balaban J connectivity index is 2.65. The van der Waals surface area contributed by atoms with Crippen molar-refractivity contribution in [2.45, 2.75) is 26.8 Å². The van der Waals surface area contributed by atoms with Crippen LogP contribution in [-0.4, -0.2) is 30.4 Å². The average Bonchev–Trinajstić information content (AvgIpc) is 2.32. The molecule has 1 unspecified atom stereocenters. The van der Waals surface area contributed by atoms with Crippen LogP contribution in [-0.2, 0) is 4.79 Å². The third-order valence-electron chi connectivity index (χ3n) is 2.96. The molecule has 1 amide bonds. The molecule has 1 aromatic rings. The van der Waals surface area contributed by atoms with Crippen LogP contribution in [0.4, 0.5) is 11.4 Å². The Morgan fingerprint density at radius 3 is 2.58 bits per heavy atom. The summed E-state index contributed by atoms with van der Waals surface area (Å²) in [5.41, 5.74) is 6.83. The smallest absolute Gasteiger partial charge is 0.241 e. The number of hydrogen-bond acceptors (Lipinski definition) is 3. The second kappa shape index (κ2) is 6.78. The van der Waals surface area contributed by atoms with Gasteiger partial charge >= 0.3 is 0 Å². The van der Waals surface area contributed by atoms with Crippen LogP contribution in [0.15, 0.2) is 18.2 Å². The predicted molar refractivity (Wildman–Crippen MR) is 81.4 cm³/mol. The van der Waals surface area contributed by atoms with Crippen LogP contribution in [0.1, 0.15) is 20.8 Å². The molecule has 0 aromatic heterocycles. The number of halogens is 1. The van der Waals surface area contributed by atoms with E-state index in [1.165, 1.54) is 0 Å². The molecule has 0 fully saturated rings. The summed E-state index contributed by atoms with van der Waals surface area (Å²) in [7, 11) is 1.94. The number of nitrogens with two attached hydrogens (primary N) is 1. The summed E-state index contributed by atoms with van der Waals surface area (Å²) in [6.45, 7) is 7.01. The normalized spacial score (nSPS) is 12.8. The first kappa shape index (κ1) is 15.8. The number of hydrogen-bond donors (Lipinski definition) is 2. The Bertz CT molecular complexity index is 448. The zero-order chi connectivity index (χ0) is 14.6. The van der Waals surface area contributed by atoms with Crippen molar-refractivity contribution in [3.8, 4) is 0 Å². The molecule has 0 saturated heterocycles. The molecule has 1 aromatic carbocycles. The van der Waals surface area contributed by atoms with Crippen molar-refractivity contribution in [1.82, 2.24) is 4.90 Å². The molecule has 0 heterocycles. The molecule has 3 N–H and O–H groups in total. The van der Waals surface area contributed by atoms with Crippen LogP contribution in [0.5, 0.6) is 0 Å². The second-order valence-corrected chi connectivity index (χ2v) is 5.64. The lowest BCUT2D eigenvalue weighted by atomic mass is 10.1. The topological polar surface area (TPSA) is 58.4 Å². The van der Waals surface area contributed by atoms with Gasteiger partial charge < -0.3 is 11.1 Å². The number of carbonyl (C=O) groups is 1. The fourth-order valence-electron chi connectivity index (χ4n) is 1.80. The molecular weight excluding hydrogens is 262 g/mol. The lowest BCUT2D eigenvalue weighted by Crippen LogP contribution is -2.41. The van der Waals surface area contributed by atoms with Crippen molar-refractivity contribution in [2.75, 3.05) is 24.6 Å². The van der Waals surface area contributed by atoms with E-state index in [-0.39, 0.29) is 11.9 Å². The fourth-order valence-corrected chi connectivity index (χ4v) is 1.92. The number of amides is 1. The molecule has 1 atom stereocenters. The van der Waals surface area contributed by atoms with Gasteiger partial charge in [-0.3, -0.25) is 9.69 Å². The van der Waals surface area contributed by atoms with Crippen molar-refractivity contribution in [3.05, 3.63) is 23.2 Å². The molecule has 0 bridgehead atoms. The van der Waals surface area contributed by atoms with E-state index in [2.05, 4.69) is 19.2 Å². The Labute approximate surface area is 119 Å². The molecule has 0 aliphatic heterocycles. The van der Waals surface area contributed by atoms with Gasteiger partial charge in [0, 0.05) is 12.2 Å². The number of rotatable bonds is 5. The van der Waals surface area contributed by atoms with Gasteiger partial charge in [0.2, 0.25) is 5.91 Å². The monoisotopic (exact) mass is 283 g/mol. The summed E-state index contributed by atoms with van der Waals surface area (Å²) in [4.78, 5) is 14.1. The van der Waals surface area contributed by atoms with Crippen LogP contribution in [0.3, 0.4) is 0 Å². The molecule has 1 rings (SSSR count). The number of benzene rings is 1. The SMILES string of the molecule is CC(C)CN(C)C(C)C(=O)Nc1ccc(Cl)c(N)c1. The molecule has 0 spiro atoms. The van der Waals surface area contributed by atoms with Gasteiger partial charge in [-0.05, 0) is 38.1 Å². The first-order valence-corrected chi connectivity index (χ1v) is 6.75. The molecular formula is C14H22ClN3O. The highest BCUT2D eigenvalue weighted by molar-refractivity contribution is 6.33. The number of nitrogens with zero attached hydrogens (tertiary/aromatic N) is 1. The van der Waals surface area contributed by atoms with Gasteiger partial charge in [0.05, 0.1) is 16.8 Å². The number of nitrogen functional groups attached to an aromatic ring is 1. The molecule has 0 aliphatic rings. The summed E-state index contributed by atoms with van der Waals surface area (Å²) >= 11 is 5.84. The largest absolute Gasteiger partial charge is 0.397 e. The first-order chi connectivity index (χ1) is 8.81. The second-order valence-electron chi connectivity index (χ2n) is 5.23. The van der Waals surface area contributed by atoms with Gasteiger partial charge in [-0.2, -0.15) is 0 Å². The summed E-state index contributed by atoms with van der Waals surface area (Å²) in [6.07, 6.45) is 0. The molecule has 5 heteroatoms. The summed E-state index contributed by atoms with van der Waals surface area (Å²) < 4.78 is 0. The van der Waals surface area contributed by atoms with E-state index in [0.717, 1.165) is 6.54 Å². The fraction of sp³-hybridized carbons (Fsp3) is 0.500. The van der Waals surface area contributed by atoms with Gasteiger partial charge in [-0.15, -0.1) is 0 Å². The zero-order valence-corrected chi connectivity index (χ0v) is 12.7. The minimum absolute atomic E-state index is 0.0510. The molecule has 0 aliphatic carbocycles. The lowest BCUT2D eigenvalue weighted by molar-refractivity contribution is -0.120. The van der Waals surface area contributed by atoms with Crippen LogP contribution in [0.25, 0.3) is 0 Å². The molecule has 19 heavy (non-hydrogen) atoms. The van der Waals surface area contributed by atoms with Crippen molar-refractivity contribution in [1.29, 1.82) is 0 Å². The van der Waals surface area contributed by atoms with E-state index in [1.807, 2.05) is 18.9 Å². The van der Waals surface area contributed by atoms with Gasteiger partial charge in [0.25, 0.3) is 0 Å². The number of anilines is 2. The Hall–Kier alpha value is -1.26. The molecule has 0 radical (unpaired) electrons. The number of carbonyl (C=O) groups excluding carboxylic acids is 1. The Morgan fingerprint density at radius 1 is 1.42 bits per heavy atom. The van der Waals surface area contributed by atoms with Crippen molar-refractivity contribution in [2.24, 2.45) is 5.92 Å². The lowest BCUT2D eigenvalue weighted by Gasteiger charge is -2.25. The maximum atomic E-state index is 12.1. The van der Waals surface area contributed by atoms with E-state index < -0.39 is 0 Å². The van der Waals surface area contributed by atoms with E-state index in [4.69, 9.17) is 17.3 Å². The minimum atomic E-state index is -0.195. The van der Waals surface area contributed by atoms with E-state index in [1.54, 1.807) is 18.2 Å². The highest BCUT2D eigenvalue weighted by atomic mass is 35.5. The maximum absolute atomic E-state index is 12.1. The molecule has 0 saturated carbocycles. The summed E-state index contributed by atoms with van der Waals surface area (Å²) in [5, 5.41) is 3.33. The van der Waals surface area contributed by atoms with Crippen LogP contribution in [0, 0.1) is 5.92 Å². The Kier molecular flexibility index (Phi) is 5.63. The maximum Gasteiger partial charge on any atom is 0.241 e. The third-order valence-corrected chi connectivity index (χ3v) is 3.30. The molecule has 4 nitrogen and oxygen atoms in total. The highest BCUT2D eigenvalue weighted by Gasteiger charge is 2.18. The van der Waals surface area contributed by atoms with E-state index in [0.29, 0.717) is 22.3 Å². The van der Waals surface area contributed by atoms with Gasteiger partial charge in [-0.1, -0.05) is 25.4 Å². The first-order valence-electron chi connectivity index (χ1n) is 6.37. The van der Waals surface area contributed by atoms with Gasteiger partial charge in [0.15, 0.2) is 0 Å². The summed E-state index contributed by atoms with van der Waals surface area (Å²) in [5.74, 6) is 0.469. The number of likely N-dealkylation sites (N-methyl/N-ethyl adjacent to an activating group) is 1. The van der Waals surface area contributed by atoms with Gasteiger partial charge in [0.1, 0.15) is 0 Å². The van der Waals surface area contributed by atoms with Crippen molar-refractivity contribution >= 4 is 28.9 Å². The summed E-state index contributed by atoms with van der Waals surface area (Å²) in [6, 6.07) is 4.88. The quantitative estimate of drug-likeness (QED) is 0.817. The highest BCUT2D eigenvalue weighted by Crippen LogP contribution is 2.22. The Morgan fingerprint density at radius 2 is 2.05 bits per heavy atom. The molecule has 106 valence electrons. The van der Waals surface area contributed by atoms with E-state index >= 15 is 0 Å².